The largest absolute Gasteiger partial charge is 0.491 e. The topological polar surface area (TPSA) is 32.7 Å². The molecule has 2 heterocycles. The second-order valence-electron chi connectivity index (χ2n) is 6.78. The van der Waals surface area contributed by atoms with Gasteiger partial charge in [-0.05, 0) is 53.3 Å². The Balaban J connectivity index is 1.46. The predicted molar refractivity (Wildman–Crippen MR) is 106 cm³/mol. The molecule has 0 radical (unpaired) electrons. The number of β-amino-alcohol motifs (C(OH)–C–C–N with tert-alkyl or cyclic N) is 1. The van der Waals surface area contributed by atoms with Crippen LogP contribution in [0.25, 0.3) is 0 Å². The average molecular weight is 383 g/mol. The molecule has 4 rings (SSSR count). The highest BCUT2D eigenvalue weighted by Crippen LogP contribution is 2.37. The monoisotopic (exact) mass is 383 g/mol. The number of hydrogen-bond donors (Lipinski definition) is 1. The molecule has 0 bridgehead atoms. The predicted octanol–water partition coefficient (Wildman–Crippen LogP) is 4.27. The minimum atomic E-state index is -0.624. The van der Waals surface area contributed by atoms with Crippen molar-refractivity contribution in [2.75, 3.05) is 19.7 Å². The van der Waals surface area contributed by atoms with Crippen molar-refractivity contribution in [1.29, 1.82) is 0 Å². The molecule has 0 unspecified atom stereocenters. The second kappa shape index (κ2) is 8.21. The standard InChI is InChI=1S/C22H22FNO2S/c23-17-6-8-19(9-7-17)26-15-18(25)14-24-12-10-21-20(11-13-27-21)22(24)16-4-2-1-3-5-16/h1-9,11,13,18,22,25H,10,12,14-15H2/t18-,22+/m0/s1. The number of aliphatic hydroxyl groups is 1. The summed E-state index contributed by atoms with van der Waals surface area (Å²) in [6.45, 7) is 1.61. The van der Waals surface area contributed by atoms with E-state index < -0.39 is 6.10 Å². The Hall–Kier alpha value is -2.21. The van der Waals surface area contributed by atoms with Gasteiger partial charge in [0.25, 0.3) is 0 Å². The maximum Gasteiger partial charge on any atom is 0.123 e. The Labute approximate surface area is 162 Å². The molecule has 2 atom stereocenters. The summed E-state index contributed by atoms with van der Waals surface area (Å²) in [5, 5.41) is 12.7. The van der Waals surface area contributed by atoms with Crippen molar-refractivity contribution in [2.45, 2.75) is 18.6 Å². The van der Waals surface area contributed by atoms with Crippen molar-refractivity contribution in [3.63, 3.8) is 0 Å². The number of benzene rings is 2. The van der Waals surface area contributed by atoms with Gasteiger partial charge in [-0.3, -0.25) is 4.90 Å². The van der Waals surface area contributed by atoms with Gasteiger partial charge in [-0.15, -0.1) is 11.3 Å². The minimum absolute atomic E-state index is 0.154. The van der Waals surface area contributed by atoms with Crippen LogP contribution in [0.2, 0.25) is 0 Å². The molecule has 0 saturated carbocycles. The van der Waals surface area contributed by atoms with Crippen LogP contribution < -0.4 is 4.74 Å². The molecule has 3 nitrogen and oxygen atoms in total. The Bertz CT molecular complexity index is 866. The number of thiophene rings is 1. The highest BCUT2D eigenvalue weighted by Gasteiger charge is 2.30. The Morgan fingerprint density at radius 2 is 1.89 bits per heavy atom. The van der Waals surface area contributed by atoms with E-state index in [1.165, 1.54) is 28.1 Å². The summed E-state index contributed by atoms with van der Waals surface area (Å²) >= 11 is 1.81. The molecule has 0 spiro atoms. The molecule has 0 aliphatic carbocycles. The van der Waals surface area contributed by atoms with E-state index in [0.29, 0.717) is 12.3 Å². The van der Waals surface area contributed by atoms with Crippen molar-refractivity contribution < 1.29 is 14.2 Å². The number of hydrogen-bond acceptors (Lipinski definition) is 4. The van der Waals surface area contributed by atoms with E-state index in [4.69, 9.17) is 4.74 Å². The number of halogens is 1. The number of ether oxygens (including phenoxy) is 1. The molecule has 1 N–H and O–H groups in total. The van der Waals surface area contributed by atoms with Crippen molar-refractivity contribution in [2.24, 2.45) is 0 Å². The van der Waals surface area contributed by atoms with Gasteiger partial charge in [0.2, 0.25) is 0 Å². The van der Waals surface area contributed by atoms with Gasteiger partial charge in [0, 0.05) is 18.0 Å². The van der Waals surface area contributed by atoms with Crippen LogP contribution in [0.15, 0.2) is 66.0 Å². The fraction of sp³-hybridized carbons (Fsp3) is 0.273. The first-order chi connectivity index (χ1) is 13.2. The van der Waals surface area contributed by atoms with Gasteiger partial charge in [-0.2, -0.15) is 0 Å². The van der Waals surface area contributed by atoms with E-state index in [1.807, 2.05) is 17.4 Å². The van der Waals surface area contributed by atoms with Crippen LogP contribution in [0, 0.1) is 5.82 Å². The second-order valence-corrected chi connectivity index (χ2v) is 7.78. The maximum atomic E-state index is 13.0. The molecular weight excluding hydrogens is 361 g/mol. The molecular formula is C22H22FNO2S. The maximum absolute atomic E-state index is 13.0. The van der Waals surface area contributed by atoms with Gasteiger partial charge in [0.15, 0.2) is 0 Å². The Kier molecular flexibility index (Phi) is 5.53. The van der Waals surface area contributed by atoms with Crippen molar-refractivity contribution in [3.05, 3.63) is 87.9 Å². The summed E-state index contributed by atoms with van der Waals surface area (Å²) in [5.74, 6) is 0.266. The third kappa shape index (κ3) is 4.21. The highest BCUT2D eigenvalue weighted by atomic mass is 32.1. The molecule has 1 aromatic heterocycles. The molecule has 2 aromatic carbocycles. The summed E-state index contributed by atoms with van der Waals surface area (Å²) in [6, 6.07) is 18.7. The zero-order valence-corrected chi connectivity index (χ0v) is 15.7. The smallest absolute Gasteiger partial charge is 0.123 e. The minimum Gasteiger partial charge on any atom is -0.491 e. The van der Waals surface area contributed by atoms with E-state index >= 15 is 0 Å². The van der Waals surface area contributed by atoms with Crippen LogP contribution in [0.5, 0.6) is 5.75 Å². The molecule has 0 saturated heterocycles. The highest BCUT2D eigenvalue weighted by molar-refractivity contribution is 7.10. The molecule has 1 aliphatic rings. The third-order valence-corrected chi connectivity index (χ3v) is 5.88. The number of aliphatic hydroxyl groups excluding tert-OH is 1. The Morgan fingerprint density at radius 1 is 1.11 bits per heavy atom. The first-order valence-corrected chi connectivity index (χ1v) is 10.0. The summed E-state index contributed by atoms with van der Waals surface area (Å²) < 4.78 is 18.6. The van der Waals surface area contributed by atoms with Crippen molar-refractivity contribution in [3.8, 4) is 5.75 Å². The zero-order valence-electron chi connectivity index (χ0n) is 14.9. The lowest BCUT2D eigenvalue weighted by Crippen LogP contribution is -2.42. The summed E-state index contributed by atoms with van der Waals surface area (Å²) in [6.07, 6.45) is 0.378. The molecule has 0 amide bonds. The van der Waals surface area contributed by atoms with Crippen LogP contribution in [0.4, 0.5) is 4.39 Å². The van der Waals surface area contributed by atoms with Gasteiger partial charge in [-0.25, -0.2) is 4.39 Å². The molecule has 27 heavy (non-hydrogen) atoms. The van der Waals surface area contributed by atoms with E-state index in [9.17, 15) is 9.50 Å². The van der Waals surface area contributed by atoms with Gasteiger partial charge >= 0.3 is 0 Å². The first kappa shape index (κ1) is 18.2. The SMILES string of the molecule is O[C@H](COc1ccc(F)cc1)CN1CCc2sccc2[C@H]1c1ccccc1. The van der Waals surface area contributed by atoms with E-state index in [0.717, 1.165) is 13.0 Å². The molecule has 5 heteroatoms. The van der Waals surface area contributed by atoms with Crippen molar-refractivity contribution in [1.82, 2.24) is 4.90 Å². The molecule has 3 aromatic rings. The van der Waals surface area contributed by atoms with E-state index in [2.05, 4.69) is 40.6 Å². The third-order valence-electron chi connectivity index (χ3n) is 4.88. The molecule has 140 valence electrons. The first-order valence-electron chi connectivity index (χ1n) is 9.12. The lowest BCUT2D eigenvalue weighted by atomic mass is 9.93. The lowest BCUT2D eigenvalue weighted by molar-refractivity contribution is 0.0557. The summed E-state index contributed by atoms with van der Waals surface area (Å²) in [5.41, 5.74) is 2.58. The van der Waals surface area contributed by atoms with Crippen LogP contribution in [0.1, 0.15) is 22.0 Å². The van der Waals surface area contributed by atoms with Crippen molar-refractivity contribution >= 4 is 11.3 Å². The quantitative estimate of drug-likeness (QED) is 0.690. The lowest BCUT2D eigenvalue weighted by Gasteiger charge is -2.37. The van der Waals surface area contributed by atoms with Crippen LogP contribution in [-0.4, -0.2) is 35.8 Å². The van der Waals surface area contributed by atoms with Gasteiger partial charge in [0.1, 0.15) is 24.3 Å². The van der Waals surface area contributed by atoms with Gasteiger partial charge < -0.3 is 9.84 Å². The summed E-state index contributed by atoms with van der Waals surface area (Å²) in [7, 11) is 0. The number of fused-ring (bicyclic) bond motifs is 1. The number of rotatable bonds is 6. The Morgan fingerprint density at radius 3 is 2.67 bits per heavy atom. The number of nitrogens with zero attached hydrogens (tertiary/aromatic N) is 1. The van der Waals surface area contributed by atoms with Gasteiger partial charge in [0.05, 0.1) is 6.04 Å². The normalized spacial score (nSPS) is 18.1. The van der Waals surface area contributed by atoms with E-state index in [-0.39, 0.29) is 18.5 Å². The summed E-state index contributed by atoms with van der Waals surface area (Å²) in [4.78, 5) is 3.75. The van der Waals surface area contributed by atoms with Crippen LogP contribution >= 0.6 is 11.3 Å². The molecule has 1 aliphatic heterocycles. The van der Waals surface area contributed by atoms with Gasteiger partial charge in [-0.1, -0.05) is 30.3 Å². The average Bonchev–Trinajstić information content (AvgIpc) is 3.17. The fourth-order valence-electron chi connectivity index (χ4n) is 3.64. The fourth-order valence-corrected chi connectivity index (χ4v) is 4.54. The van der Waals surface area contributed by atoms with Crippen LogP contribution in [-0.2, 0) is 6.42 Å². The van der Waals surface area contributed by atoms with Crippen LogP contribution in [0.3, 0.4) is 0 Å². The molecule has 0 fully saturated rings. The van der Waals surface area contributed by atoms with E-state index in [1.54, 1.807) is 12.1 Å². The zero-order chi connectivity index (χ0) is 18.6.